The Morgan fingerprint density at radius 2 is 1.83 bits per heavy atom. The molecule has 0 saturated heterocycles. The third-order valence-corrected chi connectivity index (χ3v) is 3.18. The summed E-state index contributed by atoms with van der Waals surface area (Å²) in [5, 5.41) is 2.30. The molecule has 0 bridgehead atoms. The van der Waals surface area contributed by atoms with Crippen molar-refractivity contribution < 1.29 is 22.0 Å². The van der Waals surface area contributed by atoms with E-state index >= 15 is 0 Å². The van der Waals surface area contributed by atoms with Crippen molar-refractivity contribution in [1.82, 2.24) is 10.0 Å². The van der Waals surface area contributed by atoms with Crippen LogP contribution in [0.3, 0.4) is 0 Å². The maximum atomic E-state index is 12.9. The van der Waals surface area contributed by atoms with Crippen LogP contribution >= 0.6 is 0 Å². The van der Waals surface area contributed by atoms with Crippen molar-refractivity contribution in [2.75, 3.05) is 0 Å². The minimum absolute atomic E-state index is 0.259. The maximum absolute atomic E-state index is 12.9. The van der Waals surface area contributed by atoms with Gasteiger partial charge in [-0.15, -0.1) is 0 Å². The summed E-state index contributed by atoms with van der Waals surface area (Å²) in [5.74, 6) is -2.47. The first-order valence-electron chi connectivity index (χ1n) is 5.01. The second-order valence-electron chi connectivity index (χ2n) is 3.81. The Hall–Kier alpha value is -1.70. The molecule has 5 nitrogen and oxygen atoms in total. The van der Waals surface area contributed by atoms with Crippen molar-refractivity contribution in [3.63, 3.8) is 0 Å². The van der Waals surface area contributed by atoms with E-state index in [0.717, 1.165) is 6.07 Å². The molecule has 0 aliphatic carbocycles. The fourth-order valence-corrected chi connectivity index (χ4v) is 2.04. The van der Waals surface area contributed by atoms with E-state index in [1.165, 1.54) is 0 Å². The van der Waals surface area contributed by atoms with Gasteiger partial charge in [-0.25, -0.2) is 26.7 Å². The molecule has 0 spiro atoms. The third kappa shape index (κ3) is 3.66. The molecule has 18 heavy (non-hydrogen) atoms. The molecule has 1 rings (SSSR count). The van der Waals surface area contributed by atoms with Gasteiger partial charge < -0.3 is 5.32 Å². The minimum atomic E-state index is -4.21. The summed E-state index contributed by atoms with van der Waals surface area (Å²) in [6.07, 6.45) is 0. The Morgan fingerprint density at radius 3 is 2.33 bits per heavy atom. The highest BCUT2D eigenvalue weighted by Gasteiger charge is 2.19. The molecule has 1 aromatic carbocycles. The van der Waals surface area contributed by atoms with Crippen LogP contribution in [0, 0.1) is 11.6 Å². The zero-order valence-corrected chi connectivity index (χ0v) is 10.5. The highest BCUT2D eigenvalue weighted by Crippen LogP contribution is 2.13. The molecule has 0 aliphatic rings. The van der Waals surface area contributed by atoms with Crippen LogP contribution in [0.15, 0.2) is 23.1 Å². The molecule has 8 heteroatoms. The Bertz CT molecular complexity index is 558. The summed E-state index contributed by atoms with van der Waals surface area (Å²) in [4.78, 5) is 10.7. The zero-order chi connectivity index (χ0) is 13.9. The number of carbonyl (C=O) groups excluding carboxylic acids is 1. The second kappa shape index (κ2) is 5.30. The van der Waals surface area contributed by atoms with E-state index in [1.807, 2.05) is 0 Å². The van der Waals surface area contributed by atoms with Crippen LogP contribution in [0.25, 0.3) is 0 Å². The van der Waals surface area contributed by atoms with Crippen molar-refractivity contribution in [1.29, 1.82) is 0 Å². The lowest BCUT2D eigenvalue weighted by Gasteiger charge is -2.10. The zero-order valence-electron chi connectivity index (χ0n) is 9.70. The number of amides is 2. The molecule has 2 N–H and O–H groups in total. The van der Waals surface area contributed by atoms with Gasteiger partial charge in [0.15, 0.2) is 11.6 Å². The number of nitrogens with one attached hydrogen (secondary N) is 2. The Labute approximate surface area is 103 Å². The van der Waals surface area contributed by atoms with E-state index in [1.54, 1.807) is 18.6 Å². The van der Waals surface area contributed by atoms with Gasteiger partial charge in [0.1, 0.15) is 0 Å². The molecular formula is C10H12F2N2O3S. The highest BCUT2D eigenvalue weighted by atomic mass is 32.2. The van der Waals surface area contributed by atoms with Gasteiger partial charge in [-0.3, -0.25) is 0 Å². The van der Waals surface area contributed by atoms with E-state index in [2.05, 4.69) is 5.32 Å². The topological polar surface area (TPSA) is 75.3 Å². The number of hydrogen-bond acceptors (Lipinski definition) is 3. The highest BCUT2D eigenvalue weighted by molar-refractivity contribution is 7.90. The molecule has 1 aromatic rings. The molecule has 0 fully saturated rings. The largest absolute Gasteiger partial charge is 0.335 e. The van der Waals surface area contributed by atoms with Gasteiger partial charge in [0.2, 0.25) is 0 Å². The van der Waals surface area contributed by atoms with Gasteiger partial charge in [0.25, 0.3) is 10.0 Å². The Morgan fingerprint density at radius 1 is 1.22 bits per heavy atom. The van der Waals surface area contributed by atoms with Gasteiger partial charge in [0.05, 0.1) is 4.90 Å². The van der Waals surface area contributed by atoms with Gasteiger partial charge in [-0.2, -0.15) is 0 Å². The van der Waals surface area contributed by atoms with E-state index in [4.69, 9.17) is 0 Å². The molecule has 100 valence electrons. The molecular weight excluding hydrogens is 266 g/mol. The van der Waals surface area contributed by atoms with Crippen LogP contribution < -0.4 is 10.0 Å². The molecule has 0 saturated carbocycles. The van der Waals surface area contributed by atoms with Gasteiger partial charge in [-0.05, 0) is 32.0 Å². The number of carbonyl (C=O) groups is 1. The summed E-state index contributed by atoms with van der Waals surface area (Å²) in [7, 11) is -4.21. The smallest absolute Gasteiger partial charge is 0.328 e. The number of hydrogen-bond donors (Lipinski definition) is 2. The first-order valence-corrected chi connectivity index (χ1v) is 6.49. The molecule has 0 unspecified atom stereocenters. The fraction of sp³-hybridized carbons (Fsp3) is 0.300. The number of rotatable bonds is 3. The Balaban J connectivity index is 2.93. The second-order valence-corrected chi connectivity index (χ2v) is 5.49. The first-order chi connectivity index (χ1) is 8.22. The number of urea groups is 1. The average Bonchev–Trinajstić information content (AvgIpc) is 2.19. The molecule has 0 aromatic heterocycles. The standard InChI is InChI=1S/C10H12F2N2O3S/c1-6(2)13-10(15)14-18(16,17)7-3-4-8(11)9(12)5-7/h3-6H,1-2H3,(H2,13,14,15). The molecule has 0 aliphatic heterocycles. The normalized spacial score (nSPS) is 11.4. The van der Waals surface area contributed by atoms with Crippen molar-refractivity contribution in [3.8, 4) is 0 Å². The molecule has 2 amide bonds. The van der Waals surface area contributed by atoms with Crippen LogP contribution in [-0.4, -0.2) is 20.5 Å². The minimum Gasteiger partial charge on any atom is -0.335 e. The summed E-state index contributed by atoms with van der Waals surface area (Å²) in [6, 6.07) is 0.841. The lowest BCUT2D eigenvalue weighted by molar-refractivity contribution is 0.243. The van der Waals surface area contributed by atoms with Crippen LogP contribution in [-0.2, 0) is 10.0 Å². The van der Waals surface area contributed by atoms with Crippen molar-refractivity contribution in [3.05, 3.63) is 29.8 Å². The van der Waals surface area contributed by atoms with Crippen molar-refractivity contribution in [2.24, 2.45) is 0 Å². The average molecular weight is 278 g/mol. The number of benzene rings is 1. The summed E-state index contributed by atoms with van der Waals surface area (Å²) < 4.78 is 50.5. The molecule has 0 atom stereocenters. The number of sulfonamides is 1. The van der Waals surface area contributed by atoms with Crippen LogP contribution in [0.5, 0.6) is 0 Å². The van der Waals surface area contributed by atoms with E-state index in [9.17, 15) is 22.0 Å². The van der Waals surface area contributed by atoms with E-state index in [0.29, 0.717) is 12.1 Å². The summed E-state index contributed by atoms with van der Waals surface area (Å²) in [5.41, 5.74) is 0. The number of halogens is 2. The quantitative estimate of drug-likeness (QED) is 0.876. The van der Waals surface area contributed by atoms with Crippen LogP contribution in [0.1, 0.15) is 13.8 Å². The van der Waals surface area contributed by atoms with E-state index in [-0.39, 0.29) is 6.04 Å². The van der Waals surface area contributed by atoms with Crippen LogP contribution in [0.4, 0.5) is 13.6 Å². The Kier molecular flexibility index (Phi) is 4.23. The van der Waals surface area contributed by atoms with Gasteiger partial charge in [-0.1, -0.05) is 0 Å². The molecule has 0 heterocycles. The lowest BCUT2D eigenvalue weighted by Crippen LogP contribution is -2.42. The van der Waals surface area contributed by atoms with Gasteiger partial charge in [0, 0.05) is 6.04 Å². The SMILES string of the molecule is CC(C)NC(=O)NS(=O)(=O)c1ccc(F)c(F)c1. The van der Waals surface area contributed by atoms with Crippen molar-refractivity contribution >= 4 is 16.1 Å². The predicted octanol–water partition coefficient (Wildman–Crippen LogP) is 1.36. The monoisotopic (exact) mass is 278 g/mol. The molecule has 0 radical (unpaired) electrons. The lowest BCUT2D eigenvalue weighted by atomic mass is 10.3. The first kappa shape index (κ1) is 14.4. The summed E-state index contributed by atoms with van der Waals surface area (Å²) in [6.45, 7) is 3.29. The maximum Gasteiger partial charge on any atom is 0.328 e. The fourth-order valence-electron chi connectivity index (χ4n) is 1.12. The third-order valence-electron chi connectivity index (χ3n) is 1.85. The van der Waals surface area contributed by atoms with Gasteiger partial charge >= 0.3 is 6.03 Å². The summed E-state index contributed by atoms with van der Waals surface area (Å²) >= 11 is 0. The van der Waals surface area contributed by atoms with Crippen molar-refractivity contribution in [2.45, 2.75) is 24.8 Å². The van der Waals surface area contributed by atoms with E-state index < -0.39 is 32.6 Å². The van der Waals surface area contributed by atoms with Crippen LogP contribution in [0.2, 0.25) is 0 Å². The predicted molar refractivity (Wildman–Crippen MR) is 60.3 cm³/mol.